The highest BCUT2D eigenvalue weighted by atomic mass is 19.1. The fourth-order valence-corrected chi connectivity index (χ4v) is 1.74. The number of hydrogen-bond acceptors (Lipinski definition) is 1. The minimum Gasteiger partial charge on any atom is -0.306 e. The van der Waals surface area contributed by atoms with E-state index in [0.29, 0.717) is 12.3 Å². The van der Waals surface area contributed by atoms with E-state index in [0.717, 1.165) is 13.1 Å². The lowest BCUT2D eigenvalue weighted by molar-refractivity contribution is 0.0793. The summed E-state index contributed by atoms with van der Waals surface area (Å²) in [4.78, 5) is 2.26. The summed E-state index contributed by atoms with van der Waals surface area (Å²) in [5.41, 5.74) is -1.02. The van der Waals surface area contributed by atoms with Gasteiger partial charge in [-0.3, -0.25) is 0 Å². The second-order valence-electron chi connectivity index (χ2n) is 5.27. The van der Waals surface area contributed by atoms with E-state index in [2.05, 4.69) is 25.8 Å². The Labute approximate surface area is 95.0 Å². The van der Waals surface area contributed by atoms with Gasteiger partial charge in [0.15, 0.2) is 0 Å². The Morgan fingerprint density at radius 2 is 1.73 bits per heavy atom. The summed E-state index contributed by atoms with van der Waals surface area (Å²) >= 11 is 0. The van der Waals surface area contributed by atoms with Crippen LogP contribution in [0.15, 0.2) is 0 Å². The van der Waals surface area contributed by atoms with E-state index in [9.17, 15) is 4.39 Å². The molecule has 0 aliphatic heterocycles. The molecule has 92 valence electrons. The lowest BCUT2D eigenvalue weighted by Crippen LogP contribution is -2.37. The van der Waals surface area contributed by atoms with E-state index in [1.54, 1.807) is 6.92 Å². The van der Waals surface area contributed by atoms with Gasteiger partial charge in [0.05, 0.1) is 0 Å². The average molecular weight is 217 g/mol. The lowest BCUT2D eigenvalue weighted by Gasteiger charge is -2.31. The van der Waals surface area contributed by atoms with Crippen LogP contribution in [0.1, 0.15) is 47.5 Å². The quantitative estimate of drug-likeness (QED) is 0.628. The number of nitrogens with zero attached hydrogens (tertiary/aromatic N) is 1. The van der Waals surface area contributed by atoms with Crippen molar-refractivity contribution in [2.45, 2.75) is 53.1 Å². The van der Waals surface area contributed by atoms with Gasteiger partial charge < -0.3 is 4.90 Å². The summed E-state index contributed by atoms with van der Waals surface area (Å²) in [5, 5.41) is 0. The lowest BCUT2D eigenvalue weighted by atomic mass is 9.89. The first kappa shape index (κ1) is 14.9. The fraction of sp³-hybridized carbons (Fsp3) is 1.00. The van der Waals surface area contributed by atoms with Gasteiger partial charge in [-0.15, -0.1) is 0 Å². The minimum atomic E-state index is -1.02. The minimum absolute atomic E-state index is 0.108. The third kappa shape index (κ3) is 5.50. The van der Waals surface area contributed by atoms with Crippen LogP contribution >= 0.6 is 0 Å². The molecule has 0 heterocycles. The van der Waals surface area contributed by atoms with Crippen molar-refractivity contribution in [2.75, 3.05) is 20.1 Å². The van der Waals surface area contributed by atoms with E-state index in [4.69, 9.17) is 0 Å². The summed E-state index contributed by atoms with van der Waals surface area (Å²) < 4.78 is 14.0. The van der Waals surface area contributed by atoms with Crippen LogP contribution in [-0.4, -0.2) is 30.7 Å². The fourth-order valence-electron chi connectivity index (χ4n) is 1.74. The normalized spacial score (nSPS) is 20.0. The molecule has 3 atom stereocenters. The van der Waals surface area contributed by atoms with Crippen molar-refractivity contribution in [1.82, 2.24) is 4.90 Å². The van der Waals surface area contributed by atoms with Crippen molar-refractivity contribution >= 4 is 0 Å². The number of rotatable bonds is 7. The van der Waals surface area contributed by atoms with Gasteiger partial charge in [0.25, 0.3) is 0 Å². The Morgan fingerprint density at radius 1 is 1.20 bits per heavy atom. The monoisotopic (exact) mass is 217 g/mol. The molecule has 1 nitrogen and oxygen atoms in total. The van der Waals surface area contributed by atoms with E-state index in [1.807, 2.05) is 13.8 Å². The molecule has 0 aliphatic rings. The van der Waals surface area contributed by atoms with Crippen molar-refractivity contribution in [3.05, 3.63) is 0 Å². The molecule has 0 fully saturated rings. The summed E-state index contributed by atoms with van der Waals surface area (Å²) in [7, 11) is 2.09. The Bertz CT molecular complexity index is 168. The third-order valence-corrected chi connectivity index (χ3v) is 3.62. The highest BCUT2D eigenvalue weighted by molar-refractivity contribution is 4.80. The van der Waals surface area contributed by atoms with Gasteiger partial charge in [-0.05, 0) is 26.3 Å². The van der Waals surface area contributed by atoms with Crippen LogP contribution < -0.4 is 0 Å². The van der Waals surface area contributed by atoms with Gasteiger partial charge in [-0.25, -0.2) is 4.39 Å². The van der Waals surface area contributed by atoms with E-state index in [1.165, 1.54) is 6.42 Å². The Morgan fingerprint density at radius 3 is 2.13 bits per heavy atom. The predicted octanol–water partition coefficient (Wildman–Crippen LogP) is 3.74. The van der Waals surface area contributed by atoms with Gasteiger partial charge in [0.2, 0.25) is 0 Å². The van der Waals surface area contributed by atoms with Crippen molar-refractivity contribution in [3.8, 4) is 0 Å². The van der Waals surface area contributed by atoms with E-state index in [-0.39, 0.29) is 5.92 Å². The second kappa shape index (κ2) is 6.47. The summed E-state index contributed by atoms with van der Waals surface area (Å²) in [6.45, 7) is 12.0. The molecule has 0 rings (SSSR count). The zero-order valence-electron chi connectivity index (χ0n) is 11.3. The smallest absolute Gasteiger partial charge is 0.111 e. The molecule has 0 saturated carbocycles. The first-order valence-corrected chi connectivity index (χ1v) is 6.20. The topological polar surface area (TPSA) is 3.24 Å². The Hall–Kier alpha value is -0.110. The van der Waals surface area contributed by atoms with Crippen LogP contribution in [0.4, 0.5) is 4.39 Å². The van der Waals surface area contributed by atoms with Crippen molar-refractivity contribution in [3.63, 3.8) is 0 Å². The molecule has 3 unspecified atom stereocenters. The SMILES string of the molecule is CCC(C)CN(C)CC(C)C(C)(F)CC. The standard InChI is InChI=1S/C13H28FN/c1-7-11(3)9-15(6)10-12(4)13(5,14)8-2/h11-12H,7-10H2,1-6H3. The molecule has 0 aromatic heterocycles. The van der Waals surface area contributed by atoms with Crippen LogP contribution in [-0.2, 0) is 0 Å². The van der Waals surface area contributed by atoms with Gasteiger partial charge >= 0.3 is 0 Å². The molecule has 0 amide bonds. The molecular weight excluding hydrogens is 189 g/mol. The first-order chi connectivity index (χ1) is 6.83. The van der Waals surface area contributed by atoms with Crippen LogP contribution in [0.3, 0.4) is 0 Å². The molecule has 0 bridgehead atoms. The molecule has 0 radical (unpaired) electrons. The first-order valence-electron chi connectivity index (χ1n) is 6.20. The zero-order chi connectivity index (χ0) is 12.1. The molecule has 0 aliphatic carbocycles. The van der Waals surface area contributed by atoms with E-state index < -0.39 is 5.67 Å². The van der Waals surface area contributed by atoms with Gasteiger partial charge in [-0.1, -0.05) is 34.1 Å². The summed E-state index contributed by atoms with van der Waals surface area (Å²) in [6, 6.07) is 0. The van der Waals surface area contributed by atoms with Crippen molar-refractivity contribution in [2.24, 2.45) is 11.8 Å². The molecule has 2 heteroatoms. The number of halogens is 1. The predicted molar refractivity (Wildman–Crippen MR) is 65.9 cm³/mol. The maximum atomic E-state index is 14.0. The van der Waals surface area contributed by atoms with Crippen LogP contribution in [0, 0.1) is 11.8 Å². The van der Waals surface area contributed by atoms with Crippen LogP contribution in [0.2, 0.25) is 0 Å². The molecule has 0 spiro atoms. The van der Waals surface area contributed by atoms with Crippen LogP contribution in [0.25, 0.3) is 0 Å². The molecule has 0 aromatic rings. The maximum Gasteiger partial charge on any atom is 0.111 e. The third-order valence-electron chi connectivity index (χ3n) is 3.62. The summed E-state index contributed by atoms with van der Waals surface area (Å²) in [5.74, 6) is 0.811. The number of alkyl halides is 1. The molecular formula is C13H28FN. The highest BCUT2D eigenvalue weighted by Crippen LogP contribution is 2.26. The van der Waals surface area contributed by atoms with Gasteiger partial charge in [0, 0.05) is 19.0 Å². The summed E-state index contributed by atoms with van der Waals surface area (Å²) in [6.07, 6.45) is 1.80. The van der Waals surface area contributed by atoms with Crippen molar-refractivity contribution < 1.29 is 4.39 Å². The Balaban J connectivity index is 4.01. The zero-order valence-corrected chi connectivity index (χ0v) is 11.3. The second-order valence-corrected chi connectivity index (χ2v) is 5.27. The van der Waals surface area contributed by atoms with Gasteiger partial charge in [0.1, 0.15) is 5.67 Å². The average Bonchev–Trinajstić information content (AvgIpc) is 2.17. The largest absolute Gasteiger partial charge is 0.306 e. The molecule has 0 N–H and O–H groups in total. The van der Waals surface area contributed by atoms with E-state index >= 15 is 0 Å². The molecule has 0 aromatic carbocycles. The Kier molecular flexibility index (Phi) is 6.42. The maximum absolute atomic E-state index is 14.0. The van der Waals surface area contributed by atoms with Crippen molar-refractivity contribution in [1.29, 1.82) is 0 Å². The highest BCUT2D eigenvalue weighted by Gasteiger charge is 2.29. The molecule has 0 saturated heterocycles. The van der Waals surface area contributed by atoms with Gasteiger partial charge in [-0.2, -0.15) is 0 Å². The molecule has 15 heavy (non-hydrogen) atoms. The van der Waals surface area contributed by atoms with Crippen LogP contribution in [0.5, 0.6) is 0 Å². The number of hydrogen-bond donors (Lipinski definition) is 0.